The molecule has 0 aliphatic heterocycles. The molecule has 5 heteroatoms. The number of carbonyl (C=O) groups excluding carboxylic acids is 1. The lowest BCUT2D eigenvalue weighted by molar-refractivity contribution is 0.0941. The van der Waals surface area contributed by atoms with Gasteiger partial charge in [0.1, 0.15) is 0 Å². The average Bonchev–Trinajstić information content (AvgIpc) is 2.57. The van der Waals surface area contributed by atoms with E-state index in [9.17, 15) is 9.59 Å². The van der Waals surface area contributed by atoms with E-state index in [-0.39, 0.29) is 11.5 Å². The summed E-state index contributed by atoms with van der Waals surface area (Å²) in [6, 6.07) is 8.29. The molecule has 1 heterocycles. The van der Waals surface area contributed by atoms with Crippen LogP contribution in [0.25, 0.3) is 0 Å². The summed E-state index contributed by atoms with van der Waals surface area (Å²) in [5, 5.41) is 2.70. The molecule has 0 unspecified atom stereocenters. The van der Waals surface area contributed by atoms with Gasteiger partial charge in [0, 0.05) is 21.8 Å². The van der Waals surface area contributed by atoms with E-state index in [2.05, 4.69) is 21.0 Å². The Labute approximate surface area is 100 Å². The number of carbonyl (C=O) groups is 1. The lowest BCUT2D eigenvalue weighted by atomic mass is 10.2. The molecular weight excluding hydrogens is 272 g/mol. The fraction of sp³-hybridized carbons (Fsp3) is 0.0909. The predicted octanol–water partition coefficient (Wildman–Crippen LogP) is 1.94. The summed E-state index contributed by atoms with van der Waals surface area (Å²) in [5.74, 6) is -0.362. The van der Waals surface area contributed by atoms with Crippen LogP contribution in [0.1, 0.15) is 16.1 Å². The minimum Gasteiger partial charge on any atom is -0.293 e. The Kier molecular flexibility index (Phi) is 2.78. The fourth-order valence-electron chi connectivity index (χ4n) is 1.41. The molecule has 16 heavy (non-hydrogen) atoms. The first-order valence-electron chi connectivity index (χ1n) is 4.67. The van der Waals surface area contributed by atoms with E-state index < -0.39 is 0 Å². The van der Waals surface area contributed by atoms with Crippen molar-refractivity contribution in [2.75, 3.05) is 0 Å². The second-order valence-electron chi connectivity index (χ2n) is 3.43. The molecule has 0 atom stereocenters. The molecule has 0 fully saturated rings. The van der Waals surface area contributed by atoms with Crippen LogP contribution in [0.5, 0.6) is 0 Å². The van der Waals surface area contributed by atoms with Crippen LogP contribution in [0, 0.1) is 6.92 Å². The molecule has 2 aromatic rings. The van der Waals surface area contributed by atoms with E-state index in [0.29, 0.717) is 11.3 Å². The predicted molar refractivity (Wildman–Crippen MR) is 63.7 cm³/mol. The summed E-state index contributed by atoms with van der Waals surface area (Å²) >= 11 is 3.28. The van der Waals surface area contributed by atoms with Crippen molar-refractivity contribution in [1.82, 2.24) is 9.78 Å². The van der Waals surface area contributed by atoms with Crippen molar-refractivity contribution in [3.05, 3.63) is 56.4 Å². The zero-order chi connectivity index (χ0) is 11.7. The van der Waals surface area contributed by atoms with Crippen LogP contribution in [0.2, 0.25) is 0 Å². The van der Waals surface area contributed by atoms with E-state index >= 15 is 0 Å². The van der Waals surface area contributed by atoms with Crippen LogP contribution in [0.15, 0.2) is 39.6 Å². The van der Waals surface area contributed by atoms with Gasteiger partial charge in [-0.3, -0.25) is 14.7 Å². The Balaban J connectivity index is 2.47. The molecule has 0 bridgehead atoms. The van der Waals surface area contributed by atoms with Crippen molar-refractivity contribution >= 4 is 21.8 Å². The largest absolute Gasteiger partial charge is 0.293 e. The highest BCUT2D eigenvalue weighted by atomic mass is 79.9. The molecule has 0 amide bonds. The number of hydrogen-bond donors (Lipinski definition) is 1. The van der Waals surface area contributed by atoms with Gasteiger partial charge in [0.15, 0.2) is 0 Å². The second kappa shape index (κ2) is 4.09. The highest BCUT2D eigenvalue weighted by molar-refractivity contribution is 9.10. The van der Waals surface area contributed by atoms with E-state index in [1.807, 2.05) is 6.07 Å². The van der Waals surface area contributed by atoms with Gasteiger partial charge in [0.2, 0.25) is 0 Å². The summed E-state index contributed by atoms with van der Waals surface area (Å²) in [5.41, 5.74) is 0.772. The van der Waals surface area contributed by atoms with Crippen molar-refractivity contribution < 1.29 is 4.79 Å². The first-order valence-corrected chi connectivity index (χ1v) is 5.46. The minimum atomic E-state index is -0.362. The standard InChI is InChI=1S/C11H9BrN2O2/c1-7-5-10(15)14(13-7)11(16)8-3-2-4-9(12)6-8/h2-6,13H,1H3. The molecule has 1 aromatic carbocycles. The first-order chi connectivity index (χ1) is 7.58. The molecule has 0 spiro atoms. The van der Waals surface area contributed by atoms with Gasteiger partial charge in [-0.2, -0.15) is 4.68 Å². The molecule has 0 radical (unpaired) electrons. The highest BCUT2D eigenvalue weighted by Crippen LogP contribution is 2.12. The normalized spacial score (nSPS) is 10.4. The Morgan fingerprint density at radius 1 is 1.38 bits per heavy atom. The zero-order valence-electron chi connectivity index (χ0n) is 8.53. The molecule has 82 valence electrons. The fourth-order valence-corrected chi connectivity index (χ4v) is 1.81. The summed E-state index contributed by atoms with van der Waals surface area (Å²) < 4.78 is 1.80. The van der Waals surface area contributed by atoms with Gasteiger partial charge in [-0.1, -0.05) is 22.0 Å². The number of hydrogen-bond acceptors (Lipinski definition) is 2. The molecular formula is C11H9BrN2O2. The molecule has 2 rings (SSSR count). The van der Waals surface area contributed by atoms with Gasteiger partial charge in [-0.15, -0.1) is 0 Å². The topological polar surface area (TPSA) is 54.9 Å². The number of rotatable bonds is 1. The Morgan fingerprint density at radius 2 is 2.12 bits per heavy atom. The lowest BCUT2D eigenvalue weighted by Crippen LogP contribution is -2.24. The molecule has 0 saturated heterocycles. The summed E-state index contributed by atoms with van der Waals surface area (Å²) in [7, 11) is 0. The Hall–Kier alpha value is -1.62. The third kappa shape index (κ3) is 1.99. The maximum Gasteiger partial charge on any atom is 0.279 e. The van der Waals surface area contributed by atoms with Crippen molar-refractivity contribution in [2.24, 2.45) is 0 Å². The number of H-pyrrole nitrogens is 1. The molecule has 0 saturated carbocycles. The molecule has 0 aliphatic carbocycles. The number of aromatic amines is 1. The van der Waals surface area contributed by atoms with Crippen LogP contribution in [0.4, 0.5) is 0 Å². The maximum atomic E-state index is 11.9. The number of aryl methyl sites for hydroxylation is 1. The number of nitrogens with one attached hydrogen (secondary N) is 1. The SMILES string of the molecule is Cc1cc(=O)n(C(=O)c2cccc(Br)c2)[nH]1. The van der Waals surface area contributed by atoms with Crippen LogP contribution < -0.4 is 5.56 Å². The average molecular weight is 281 g/mol. The van der Waals surface area contributed by atoms with Crippen LogP contribution in [-0.4, -0.2) is 15.7 Å². The number of halogens is 1. The third-order valence-electron chi connectivity index (χ3n) is 2.12. The smallest absolute Gasteiger partial charge is 0.279 e. The lowest BCUT2D eigenvalue weighted by Gasteiger charge is -2.01. The van der Waals surface area contributed by atoms with Gasteiger partial charge in [0.05, 0.1) is 0 Å². The van der Waals surface area contributed by atoms with E-state index in [1.165, 1.54) is 6.07 Å². The third-order valence-corrected chi connectivity index (χ3v) is 2.62. The molecule has 4 nitrogen and oxygen atoms in total. The van der Waals surface area contributed by atoms with Gasteiger partial charge in [0.25, 0.3) is 11.5 Å². The van der Waals surface area contributed by atoms with Gasteiger partial charge in [-0.25, -0.2) is 0 Å². The van der Waals surface area contributed by atoms with Gasteiger partial charge >= 0.3 is 0 Å². The van der Waals surface area contributed by atoms with Crippen molar-refractivity contribution in [2.45, 2.75) is 6.92 Å². The first kappa shape index (κ1) is 10.9. The minimum absolute atomic E-state index is 0.345. The molecule has 1 aromatic heterocycles. The summed E-state index contributed by atoms with van der Waals surface area (Å²) in [6.45, 7) is 1.73. The number of benzene rings is 1. The Morgan fingerprint density at radius 3 is 2.69 bits per heavy atom. The van der Waals surface area contributed by atoms with E-state index in [4.69, 9.17) is 0 Å². The monoisotopic (exact) mass is 280 g/mol. The van der Waals surface area contributed by atoms with E-state index in [1.54, 1.807) is 25.1 Å². The Bertz CT molecular complexity index is 598. The van der Waals surface area contributed by atoms with E-state index in [0.717, 1.165) is 9.15 Å². The zero-order valence-corrected chi connectivity index (χ0v) is 10.1. The van der Waals surface area contributed by atoms with Crippen LogP contribution in [-0.2, 0) is 0 Å². The molecule has 0 aliphatic rings. The van der Waals surface area contributed by atoms with Gasteiger partial charge in [-0.05, 0) is 25.1 Å². The van der Waals surface area contributed by atoms with Crippen LogP contribution >= 0.6 is 15.9 Å². The van der Waals surface area contributed by atoms with Gasteiger partial charge < -0.3 is 0 Å². The summed E-state index contributed by atoms with van der Waals surface area (Å²) in [6.07, 6.45) is 0. The highest BCUT2D eigenvalue weighted by Gasteiger charge is 2.11. The van der Waals surface area contributed by atoms with Crippen molar-refractivity contribution in [3.8, 4) is 0 Å². The second-order valence-corrected chi connectivity index (χ2v) is 4.34. The van der Waals surface area contributed by atoms with Crippen molar-refractivity contribution in [3.63, 3.8) is 0 Å². The maximum absolute atomic E-state index is 11.9. The summed E-state index contributed by atoms with van der Waals surface area (Å²) in [4.78, 5) is 23.4. The number of nitrogens with zero attached hydrogens (tertiary/aromatic N) is 1. The van der Waals surface area contributed by atoms with Crippen LogP contribution in [0.3, 0.4) is 0 Å². The van der Waals surface area contributed by atoms with Crippen molar-refractivity contribution in [1.29, 1.82) is 0 Å². The number of aromatic nitrogens is 2. The quantitative estimate of drug-likeness (QED) is 0.868. The molecule has 1 N–H and O–H groups in total.